The summed E-state index contributed by atoms with van der Waals surface area (Å²) in [6, 6.07) is 13.5. The minimum atomic E-state index is -3.68. The molecule has 0 spiro atoms. The number of nitrogens with two attached hydrogens (primary N) is 1. The van der Waals surface area contributed by atoms with Gasteiger partial charge in [0.2, 0.25) is 5.88 Å². The van der Waals surface area contributed by atoms with E-state index in [0.717, 1.165) is 17.5 Å². The second-order valence-corrected chi connectivity index (χ2v) is 8.92. The van der Waals surface area contributed by atoms with Gasteiger partial charge in [0.15, 0.2) is 0 Å². The maximum atomic E-state index is 12.7. The van der Waals surface area contributed by atoms with Gasteiger partial charge in [-0.05, 0) is 29.5 Å². The first-order valence-corrected chi connectivity index (χ1v) is 11.1. The zero-order valence-electron chi connectivity index (χ0n) is 16.3. The Kier molecular flexibility index (Phi) is 7.57. The van der Waals surface area contributed by atoms with Crippen LogP contribution in [-0.4, -0.2) is 55.7 Å². The first-order valence-electron chi connectivity index (χ1n) is 9.70. The highest BCUT2D eigenvalue weighted by atomic mass is 32.2. The largest absolute Gasteiger partial charge is 0.477 e. The van der Waals surface area contributed by atoms with Crippen molar-refractivity contribution in [3.05, 3.63) is 59.8 Å². The predicted molar refractivity (Wildman–Crippen MR) is 110 cm³/mol. The van der Waals surface area contributed by atoms with Crippen molar-refractivity contribution in [2.45, 2.75) is 18.9 Å². The van der Waals surface area contributed by atoms with Gasteiger partial charge < -0.3 is 15.6 Å². The van der Waals surface area contributed by atoms with Crippen molar-refractivity contribution in [2.75, 3.05) is 32.8 Å². The maximum Gasteiger partial charge on any atom is 0.279 e. The van der Waals surface area contributed by atoms with E-state index in [1.54, 1.807) is 12.3 Å². The Labute approximate surface area is 171 Å². The van der Waals surface area contributed by atoms with Gasteiger partial charge in [-0.1, -0.05) is 30.3 Å². The van der Waals surface area contributed by atoms with Crippen LogP contribution in [0.5, 0.6) is 5.88 Å². The Hall–Kier alpha value is -2.04. The number of hydrogen-bond acceptors (Lipinski definition) is 6. The molecule has 0 unspecified atom stereocenters. The Bertz CT molecular complexity index is 879. The van der Waals surface area contributed by atoms with Crippen molar-refractivity contribution < 1.29 is 18.3 Å². The number of ether oxygens (including phenoxy) is 1. The highest BCUT2D eigenvalue weighted by molar-refractivity contribution is 7.87. The van der Waals surface area contributed by atoms with E-state index in [1.807, 2.05) is 36.4 Å². The van der Waals surface area contributed by atoms with Crippen LogP contribution in [0.1, 0.15) is 23.5 Å². The second-order valence-electron chi connectivity index (χ2n) is 7.17. The molecule has 4 N–H and O–H groups in total. The average molecular weight is 421 g/mol. The van der Waals surface area contributed by atoms with E-state index in [9.17, 15) is 8.42 Å². The van der Waals surface area contributed by atoms with E-state index >= 15 is 0 Å². The third-order valence-electron chi connectivity index (χ3n) is 5.01. The molecule has 0 aliphatic carbocycles. The zero-order valence-corrected chi connectivity index (χ0v) is 17.1. The molecule has 158 valence electrons. The molecule has 1 aliphatic rings. The smallest absolute Gasteiger partial charge is 0.279 e. The Balaban J connectivity index is 1.74. The van der Waals surface area contributed by atoms with Gasteiger partial charge in [0, 0.05) is 44.4 Å². The molecule has 0 bridgehead atoms. The van der Waals surface area contributed by atoms with E-state index in [0.29, 0.717) is 32.1 Å². The number of aliphatic hydroxyl groups excluding tert-OH is 1. The molecule has 1 fully saturated rings. The Morgan fingerprint density at radius 1 is 1.24 bits per heavy atom. The number of pyridine rings is 1. The summed E-state index contributed by atoms with van der Waals surface area (Å²) in [5.41, 5.74) is 7.69. The molecule has 1 aromatic heterocycles. The highest BCUT2D eigenvalue weighted by Crippen LogP contribution is 2.31. The van der Waals surface area contributed by atoms with Crippen molar-refractivity contribution in [3.8, 4) is 5.88 Å². The third-order valence-corrected chi connectivity index (χ3v) is 6.56. The van der Waals surface area contributed by atoms with Crippen molar-refractivity contribution in [3.63, 3.8) is 0 Å². The van der Waals surface area contributed by atoms with E-state index in [2.05, 4.69) is 9.71 Å². The summed E-state index contributed by atoms with van der Waals surface area (Å²) in [5.74, 6) is 0.554. The normalized spacial score (nSPS) is 20.5. The number of rotatable bonds is 9. The minimum absolute atomic E-state index is 0.00277. The Morgan fingerprint density at radius 3 is 2.76 bits per heavy atom. The maximum absolute atomic E-state index is 12.7. The van der Waals surface area contributed by atoms with Crippen molar-refractivity contribution in [2.24, 2.45) is 11.7 Å². The fourth-order valence-electron chi connectivity index (χ4n) is 3.57. The molecule has 1 saturated heterocycles. The van der Waals surface area contributed by atoms with Crippen LogP contribution in [0, 0.1) is 5.92 Å². The van der Waals surface area contributed by atoms with Crippen molar-refractivity contribution >= 4 is 10.2 Å². The third kappa shape index (κ3) is 5.97. The number of aromatic nitrogens is 1. The van der Waals surface area contributed by atoms with Gasteiger partial charge in [-0.3, -0.25) is 0 Å². The lowest BCUT2D eigenvalue weighted by molar-refractivity contribution is 0.161. The quantitative estimate of drug-likeness (QED) is 0.554. The van der Waals surface area contributed by atoms with E-state index in [1.165, 1.54) is 4.31 Å². The van der Waals surface area contributed by atoms with Crippen LogP contribution in [0.4, 0.5) is 0 Å². The molecular formula is C20H28N4O4S. The van der Waals surface area contributed by atoms with Gasteiger partial charge in [0.05, 0.1) is 13.2 Å². The standard InChI is InChI=1S/C20H28N4O4S/c21-12-16-6-7-22-20(11-16)28-15-17-10-19(18-4-2-1-3-5-18)14-24(13-17)29(26,27)23-8-9-25/h1-7,11,17,19,23,25H,8-10,12-15,21H2/t17-,19-/m0/s1. The van der Waals surface area contributed by atoms with E-state index in [-0.39, 0.29) is 25.0 Å². The number of piperidine rings is 1. The van der Waals surface area contributed by atoms with Crippen molar-refractivity contribution in [1.82, 2.24) is 14.0 Å². The van der Waals surface area contributed by atoms with Gasteiger partial charge in [-0.25, -0.2) is 4.98 Å². The Morgan fingerprint density at radius 2 is 2.03 bits per heavy atom. The molecule has 1 aromatic carbocycles. The average Bonchev–Trinajstić information content (AvgIpc) is 2.77. The highest BCUT2D eigenvalue weighted by Gasteiger charge is 2.34. The molecule has 0 amide bonds. The first-order chi connectivity index (χ1) is 14.0. The van der Waals surface area contributed by atoms with Crippen LogP contribution in [0.15, 0.2) is 48.7 Å². The molecule has 2 aromatic rings. The lowest BCUT2D eigenvalue weighted by atomic mass is 9.86. The summed E-state index contributed by atoms with van der Waals surface area (Å²) in [6.07, 6.45) is 2.47. The van der Waals surface area contributed by atoms with Gasteiger partial charge >= 0.3 is 0 Å². The number of hydrogen-bond donors (Lipinski definition) is 3. The van der Waals surface area contributed by atoms with Crippen LogP contribution in [0.3, 0.4) is 0 Å². The molecule has 0 radical (unpaired) electrons. The van der Waals surface area contributed by atoms with Crippen LogP contribution < -0.4 is 15.2 Å². The van der Waals surface area contributed by atoms with Crippen molar-refractivity contribution in [1.29, 1.82) is 0 Å². The SMILES string of the molecule is NCc1ccnc(OC[C@H]2C[C@H](c3ccccc3)CN(S(=O)(=O)NCCO)C2)c1. The zero-order chi connectivity index (χ0) is 20.7. The first kappa shape index (κ1) is 21.7. The molecule has 3 rings (SSSR count). The predicted octanol–water partition coefficient (Wildman–Crippen LogP) is 0.852. The number of nitrogens with zero attached hydrogens (tertiary/aromatic N) is 2. The number of aliphatic hydroxyl groups is 1. The van der Waals surface area contributed by atoms with Crippen LogP contribution in [0.25, 0.3) is 0 Å². The molecule has 8 nitrogen and oxygen atoms in total. The molecular weight excluding hydrogens is 392 g/mol. The molecule has 29 heavy (non-hydrogen) atoms. The van der Waals surface area contributed by atoms with Gasteiger partial charge in [-0.15, -0.1) is 0 Å². The monoisotopic (exact) mass is 420 g/mol. The topological polar surface area (TPSA) is 118 Å². The van der Waals surface area contributed by atoms with E-state index < -0.39 is 10.2 Å². The summed E-state index contributed by atoms with van der Waals surface area (Å²) in [4.78, 5) is 4.21. The summed E-state index contributed by atoms with van der Waals surface area (Å²) < 4.78 is 35.1. The minimum Gasteiger partial charge on any atom is -0.477 e. The van der Waals surface area contributed by atoms with Gasteiger partial charge in [0.1, 0.15) is 0 Å². The number of nitrogens with one attached hydrogen (secondary N) is 1. The molecule has 9 heteroatoms. The summed E-state index contributed by atoms with van der Waals surface area (Å²) in [6.45, 7) is 1.25. The lowest BCUT2D eigenvalue weighted by Gasteiger charge is -2.37. The lowest BCUT2D eigenvalue weighted by Crippen LogP contribution is -2.49. The fraction of sp³-hybridized carbons (Fsp3) is 0.450. The summed E-state index contributed by atoms with van der Waals surface area (Å²) in [7, 11) is -3.68. The van der Waals surface area contributed by atoms with Gasteiger partial charge in [0.25, 0.3) is 10.2 Å². The van der Waals surface area contributed by atoms with Gasteiger partial charge in [-0.2, -0.15) is 17.4 Å². The molecule has 1 aliphatic heterocycles. The van der Waals surface area contributed by atoms with Crippen LogP contribution >= 0.6 is 0 Å². The van der Waals surface area contributed by atoms with Crippen LogP contribution in [0.2, 0.25) is 0 Å². The summed E-state index contributed by atoms with van der Waals surface area (Å²) >= 11 is 0. The van der Waals surface area contributed by atoms with E-state index in [4.69, 9.17) is 15.6 Å². The molecule has 2 heterocycles. The van der Waals surface area contributed by atoms with Crippen LogP contribution in [-0.2, 0) is 16.8 Å². The fourth-order valence-corrected chi connectivity index (χ4v) is 4.88. The number of benzene rings is 1. The molecule has 2 atom stereocenters. The summed E-state index contributed by atoms with van der Waals surface area (Å²) in [5, 5.41) is 8.98. The molecule has 0 saturated carbocycles. The second kappa shape index (κ2) is 10.1.